The van der Waals surface area contributed by atoms with Gasteiger partial charge in [-0.2, -0.15) is 0 Å². The first-order valence-corrected chi connectivity index (χ1v) is 7.59. The molecule has 0 spiro atoms. The van der Waals surface area contributed by atoms with Crippen LogP contribution in [-0.2, 0) is 27.5 Å². The first-order valence-electron chi connectivity index (χ1n) is 5.70. The molecule has 6 heteroatoms. The topological polar surface area (TPSA) is 63.7 Å². The third-order valence-electron chi connectivity index (χ3n) is 3.48. The molecule has 1 amide bonds. The lowest BCUT2D eigenvalue weighted by Crippen LogP contribution is -2.38. The largest absolute Gasteiger partial charge is 0.447 e. The van der Waals surface area contributed by atoms with Crippen LogP contribution in [0.15, 0.2) is 23.1 Å². The fraction of sp³-hybridized carbons (Fsp3) is 0.417. The maximum Gasteiger partial charge on any atom is 0.410 e. The Labute approximate surface area is 105 Å². The second-order valence-corrected chi connectivity index (χ2v) is 6.78. The SMILES string of the molecule is CS(=O)(=O)c1ccc2c(c1)CN1C(=O)OCC1C2. The van der Waals surface area contributed by atoms with E-state index < -0.39 is 9.84 Å². The molecule has 1 atom stereocenters. The van der Waals surface area contributed by atoms with E-state index in [0.29, 0.717) is 18.0 Å². The van der Waals surface area contributed by atoms with E-state index >= 15 is 0 Å². The summed E-state index contributed by atoms with van der Waals surface area (Å²) in [6.45, 7) is 0.855. The number of cyclic esters (lactones) is 1. The predicted octanol–water partition coefficient (Wildman–Crippen LogP) is 0.967. The van der Waals surface area contributed by atoms with Crippen LogP contribution in [0.5, 0.6) is 0 Å². The second kappa shape index (κ2) is 3.71. The summed E-state index contributed by atoms with van der Waals surface area (Å²) >= 11 is 0. The number of benzene rings is 1. The van der Waals surface area contributed by atoms with Gasteiger partial charge < -0.3 is 4.74 Å². The van der Waals surface area contributed by atoms with E-state index in [1.54, 1.807) is 17.0 Å². The van der Waals surface area contributed by atoms with E-state index in [1.165, 1.54) is 6.26 Å². The van der Waals surface area contributed by atoms with Gasteiger partial charge in [0.05, 0.1) is 10.9 Å². The maximum atomic E-state index is 11.5. The third kappa shape index (κ3) is 1.77. The number of fused-ring (bicyclic) bond motifs is 2. The Bertz CT molecular complexity index is 623. The number of nitrogens with zero attached hydrogens (tertiary/aromatic N) is 1. The van der Waals surface area contributed by atoms with E-state index in [9.17, 15) is 13.2 Å². The standard InChI is InChI=1S/C12H13NO4S/c1-18(15,16)11-3-2-8-4-10-7-17-12(14)13(10)6-9(8)5-11/h2-3,5,10H,4,6-7H2,1H3. The zero-order valence-electron chi connectivity index (χ0n) is 9.92. The number of sulfone groups is 1. The summed E-state index contributed by atoms with van der Waals surface area (Å²) in [5.74, 6) is 0. The van der Waals surface area contributed by atoms with Gasteiger partial charge in [-0.15, -0.1) is 0 Å². The van der Waals surface area contributed by atoms with Crippen LogP contribution in [-0.4, -0.2) is 38.3 Å². The molecule has 2 heterocycles. The molecule has 1 saturated heterocycles. The minimum atomic E-state index is -3.21. The Kier molecular flexibility index (Phi) is 2.38. The summed E-state index contributed by atoms with van der Waals surface area (Å²) in [6.07, 6.45) is 1.60. The highest BCUT2D eigenvalue weighted by molar-refractivity contribution is 7.90. The Morgan fingerprint density at radius 3 is 2.83 bits per heavy atom. The molecule has 2 aliphatic rings. The van der Waals surface area contributed by atoms with Gasteiger partial charge in [-0.25, -0.2) is 13.2 Å². The maximum absolute atomic E-state index is 11.5. The van der Waals surface area contributed by atoms with Gasteiger partial charge in [0.1, 0.15) is 6.61 Å². The van der Waals surface area contributed by atoms with Gasteiger partial charge in [-0.1, -0.05) is 6.07 Å². The lowest BCUT2D eigenvalue weighted by atomic mass is 9.95. The van der Waals surface area contributed by atoms with Gasteiger partial charge in [-0.3, -0.25) is 4.90 Å². The molecular weight excluding hydrogens is 254 g/mol. The van der Waals surface area contributed by atoms with Crippen molar-refractivity contribution in [2.24, 2.45) is 0 Å². The highest BCUT2D eigenvalue weighted by Gasteiger charge is 2.36. The van der Waals surface area contributed by atoms with Gasteiger partial charge in [0.25, 0.3) is 0 Å². The quantitative estimate of drug-likeness (QED) is 0.760. The van der Waals surface area contributed by atoms with Crippen LogP contribution < -0.4 is 0 Å². The summed E-state index contributed by atoms with van der Waals surface area (Å²) in [5, 5.41) is 0. The number of carbonyl (C=O) groups is 1. The molecule has 18 heavy (non-hydrogen) atoms. The molecule has 1 aromatic carbocycles. The highest BCUT2D eigenvalue weighted by atomic mass is 32.2. The van der Waals surface area contributed by atoms with Crippen molar-refractivity contribution in [2.45, 2.75) is 23.9 Å². The lowest BCUT2D eigenvalue weighted by molar-refractivity contribution is 0.155. The van der Waals surface area contributed by atoms with Crippen LogP contribution >= 0.6 is 0 Å². The van der Waals surface area contributed by atoms with Crippen molar-refractivity contribution in [3.05, 3.63) is 29.3 Å². The Balaban J connectivity index is 2.01. The number of amides is 1. The molecule has 0 radical (unpaired) electrons. The molecule has 1 aromatic rings. The molecule has 5 nitrogen and oxygen atoms in total. The third-order valence-corrected chi connectivity index (χ3v) is 4.59. The smallest absolute Gasteiger partial charge is 0.410 e. The minimum Gasteiger partial charge on any atom is -0.447 e. The zero-order chi connectivity index (χ0) is 12.9. The van der Waals surface area contributed by atoms with Crippen LogP contribution in [0.2, 0.25) is 0 Å². The molecule has 0 N–H and O–H groups in total. The first-order chi connectivity index (χ1) is 8.45. The van der Waals surface area contributed by atoms with Crippen molar-refractivity contribution in [3.63, 3.8) is 0 Å². The molecule has 1 unspecified atom stereocenters. The van der Waals surface area contributed by atoms with Crippen LogP contribution in [0.3, 0.4) is 0 Å². The molecule has 0 saturated carbocycles. The van der Waals surface area contributed by atoms with E-state index in [4.69, 9.17) is 4.74 Å². The van der Waals surface area contributed by atoms with E-state index in [0.717, 1.165) is 17.5 Å². The summed E-state index contributed by atoms with van der Waals surface area (Å²) in [4.78, 5) is 13.4. The normalized spacial score (nSPS) is 22.4. The summed E-state index contributed by atoms with van der Waals surface area (Å²) in [6, 6.07) is 5.22. The molecular formula is C12H13NO4S. The number of carbonyl (C=O) groups excluding carboxylic acids is 1. The van der Waals surface area contributed by atoms with Gasteiger partial charge in [0.15, 0.2) is 9.84 Å². The second-order valence-electron chi connectivity index (χ2n) is 4.77. The van der Waals surface area contributed by atoms with E-state index in [-0.39, 0.29) is 12.1 Å². The molecule has 2 aliphatic heterocycles. The Morgan fingerprint density at radius 2 is 2.11 bits per heavy atom. The number of ether oxygens (including phenoxy) is 1. The van der Waals surface area contributed by atoms with Crippen LogP contribution in [0.4, 0.5) is 4.79 Å². The first kappa shape index (κ1) is 11.5. The fourth-order valence-electron chi connectivity index (χ4n) is 2.47. The lowest BCUT2D eigenvalue weighted by Gasteiger charge is -2.28. The summed E-state index contributed by atoms with van der Waals surface area (Å²) in [5.41, 5.74) is 2.00. The number of hydrogen-bond acceptors (Lipinski definition) is 4. The van der Waals surface area contributed by atoms with Crippen molar-refractivity contribution in [1.82, 2.24) is 4.90 Å². The molecule has 3 rings (SSSR count). The average Bonchev–Trinajstić information content (AvgIpc) is 2.66. The van der Waals surface area contributed by atoms with Crippen molar-refractivity contribution in [1.29, 1.82) is 0 Å². The predicted molar refractivity (Wildman–Crippen MR) is 63.9 cm³/mol. The summed E-state index contributed by atoms with van der Waals surface area (Å²) in [7, 11) is -3.21. The summed E-state index contributed by atoms with van der Waals surface area (Å²) < 4.78 is 28.0. The Hall–Kier alpha value is -1.56. The zero-order valence-corrected chi connectivity index (χ0v) is 10.7. The van der Waals surface area contributed by atoms with Gasteiger partial charge in [0, 0.05) is 12.8 Å². The van der Waals surface area contributed by atoms with Crippen LogP contribution in [0.25, 0.3) is 0 Å². The van der Waals surface area contributed by atoms with E-state index in [2.05, 4.69) is 0 Å². The number of rotatable bonds is 1. The van der Waals surface area contributed by atoms with Crippen molar-refractivity contribution in [3.8, 4) is 0 Å². The van der Waals surface area contributed by atoms with Crippen LogP contribution in [0.1, 0.15) is 11.1 Å². The molecule has 0 aliphatic carbocycles. The van der Waals surface area contributed by atoms with Crippen LogP contribution in [0, 0.1) is 0 Å². The van der Waals surface area contributed by atoms with Crippen molar-refractivity contribution >= 4 is 15.9 Å². The van der Waals surface area contributed by atoms with Crippen molar-refractivity contribution < 1.29 is 17.9 Å². The van der Waals surface area contributed by atoms with Gasteiger partial charge in [-0.05, 0) is 29.7 Å². The fourth-order valence-corrected chi connectivity index (χ4v) is 3.14. The molecule has 0 aromatic heterocycles. The van der Waals surface area contributed by atoms with Crippen molar-refractivity contribution in [2.75, 3.05) is 12.9 Å². The molecule has 0 bridgehead atoms. The average molecular weight is 267 g/mol. The molecule has 96 valence electrons. The highest BCUT2D eigenvalue weighted by Crippen LogP contribution is 2.29. The molecule has 1 fully saturated rings. The van der Waals surface area contributed by atoms with Gasteiger partial charge >= 0.3 is 6.09 Å². The van der Waals surface area contributed by atoms with E-state index in [1.807, 2.05) is 6.07 Å². The number of hydrogen-bond donors (Lipinski definition) is 0. The van der Waals surface area contributed by atoms with Gasteiger partial charge in [0.2, 0.25) is 0 Å². The monoisotopic (exact) mass is 267 g/mol. The Morgan fingerprint density at radius 1 is 1.33 bits per heavy atom. The minimum absolute atomic E-state index is 0.0917.